The Kier molecular flexibility index (Phi) is 8.73. The van der Waals surface area contributed by atoms with Crippen LogP contribution in [0.15, 0.2) is 24.3 Å². The third-order valence-electron chi connectivity index (χ3n) is 7.98. The number of ether oxygens (including phenoxy) is 4. The summed E-state index contributed by atoms with van der Waals surface area (Å²) in [5, 5.41) is 21.0. The first-order valence-electron chi connectivity index (χ1n) is 14.3. The minimum absolute atomic E-state index is 0.119. The molecule has 6 nitrogen and oxygen atoms in total. The molecule has 4 rings (SSSR count). The second-order valence-electron chi connectivity index (χ2n) is 13.8. The third kappa shape index (κ3) is 7.15. The van der Waals surface area contributed by atoms with Crippen LogP contribution in [-0.2, 0) is 42.6 Å². The molecular formula is C33H48O6. The van der Waals surface area contributed by atoms with Gasteiger partial charge in [-0.15, -0.1) is 0 Å². The van der Waals surface area contributed by atoms with Gasteiger partial charge in [-0.1, -0.05) is 65.8 Å². The summed E-state index contributed by atoms with van der Waals surface area (Å²) in [4.78, 5) is 0. The Balaban J connectivity index is 1.24. The van der Waals surface area contributed by atoms with Gasteiger partial charge in [0.25, 0.3) is 0 Å². The van der Waals surface area contributed by atoms with Crippen molar-refractivity contribution in [2.75, 3.05) is 26.4 Å². The number of hydrogen-bond donors (Lipinski definition) is 2. The van der Waals surface area contributed by atoms with Crippen molar-refractivity contribution in [3.05, 3.63) is 57.6 Å². The third-order valence-corrected chi connectivity index (χ3v) is 7.98. The molecule has 2 aliphatic heterocycles. The lowest BCUT2D eigenvalue weighted by molar-refractivity contribution is -0.303. The molecule has 0 atom stereocenters. The van der Waals surface area contributed by atoms with E-state index < -0.39 is 0 Å². The zero-order chi connectivity index (χ0) is 28.6. The van der Waals surface area contributed by atoms with Crippen LogP contribution in [0.25, 0.3) is 0 Å². The Morgan fingerprint density at radius 2 is 0.974 bits per heavy atom. The van der Waals surface area contributed by atoms with E-state index >= 15 is 0 Å². The molecule has 0 bridgehead atoms. The Labute approximate surface area is 234 Å². The van der Waals surface area contributed by atoms with Crippen LogP contribution in [0.5, 0.6) is 11.5 Å². The summed E-state index contributed by atoms with van der Waals surface area (Å²) < 4.78 is 24.5. The van der Waals surface area contributed by atoms with Gasteiger partial charge in [0.15, 0.2) is 12.6 Å². The van der Waals surface area contributed by atoms with Crippen LogP contribution in [0.3, 0.4) is 0 Å². The number of phenols is 2. The average Bonchev–Trinajstić information content (AvgIpc) is 2.86. The first kappa shape index (κ1) is 29.9. The highest BCUT2D eigenvalue weighted by Gasteiger charge is 2.42. The monoisotopic (exact) mass is 540 g/mol. The number of aromatic hydroxyl groups is 2. The number of aryl methyl sites for hydroxylation is 4. The Hall–Kier alpha value is -2.12. The van der Waals surface area contributed by atoms with Crippen molar-refractivity contribution in [1.29, 1.82) is 0 Å². The molecule has 2 aromatic rings. The maximum atomic E-state index is 10.5. The van der Waals surface area contributed by atoms with Gasteiger partial charge in [-0.25, -0.2) is 0 Å². The quantitative estimate of drug-likeness (QED) is 0.430. The SMILES string of the molecule is Cc1cc(CCC2OCC3(CO2)COC(CCc2cc(C)c(O)c(C(C)(C)C)c2)OC3)cc(C(C)(C)C)c1O. The van der Waals surface area contributed by atoms with Gasteiger partial charge in [-0.05, 0) is 70.9 Å². The van der Waals surface area contributed by atoms with Gasteiger partial charge in [-0.3, -0.25) is 0 Å². The number of rotatable bonds is 6. The van der Waals surface area contributed by atoms with E-state index in [0.29, 0.717) is 37.9 Å². The van der Waals surface area contributed by atoms with E-state index in [1.54, 1.807) is 0 Å². The van der Waals surface area contributed by atoms with Gasteiger partial charge in [0.05, 0.1) is 31.8 Å². The summed E-state index contributed by atoms with van der Waals surface area (Å²) in [7, 11) is 0. The largest absolute Gasteiger partial charge is 0.507 e. The van der Waals surface area contributed by atoms with Crippen molar-refractivity contribution in [1.82, 2.24) is 0 Å². The van der Waals surface area contributed by atoms with E-state index in [-0.39, 0.29) is 28.8 Å². The molecule has 2 heterocycles. The van der Waals surface area contributed by atoms with Crippen LogP contribution < -0.4 is 0 Å². The molecule has 2 saturated heterocycles. The minimum atomic E-state index is -0.268. The molecule has 0 amide bonds. The van der Waals surface area contributed by atoms with E-state index in [9.17, 15) is 10.2 Å². The average molecular weight is 541 g/mol. The first-order chi connectivity index (χ1) is 18.2. The van der Waals surface area contributed by atoms with Gasteiger partial charge in [0.1, 0.15) is 11.5 Å². The summed E-state index contributed by atoms with van der Waals surface area (Å²) in [6.07, 6.45) is 2.66. The molecule has 2 N–H and O–H groups in total. The van der Waals surface area contributed by atoms with Crippen LogP contribution in [0.1, 0.15) is 87.8 Å². The lowest BCUT2D eigenvalue weighted by atomic mass is 9.83. The minimum Gasteiger partial charge on any atom is -0.507 e. The van der Waals surface area contributed by atoms with E-state index in [1.807, 2.05) is 13.8 Å². The first-order valence-corrected chi connectivity index (χ1v) is 14.3. The standard InChI is InChI=1S/C33H48O6/c1-21-13-23(15-25(29(21)34)31(3,4)5)9-11-27-36-17-33(18-37-27)19-38-28(39-20-33)12-10-24-14-22(2)30(35)26(16-24)32(6,7)8/h13-16,27-28,34-35H,9-12,17-20H2,1-8H3. The zero-order valence-corrected chi connectivity index (χ0v) is 25.1. The molecular weight excluding hydrogens is 492 g/mol. The normalized spacial score (nSPS) is 24.3. The van der Waals surface area contributed by atoms with Crippen LogP contribution in [0.4, 0.5) is 0 Å². The fourth-order valence-corrected chi connectivity index (χ4v) is 5.47. The highest BCUT2D eigenvalue weighted by Crippen LogP contribution is 2.37. The van der Waals surface area contributed by atoms with E-state index in [4.69, 9.17) is 18.9 Å². The van der Waals surface area contributed by atoms with Crippen molar-refractivity contribution in [2.24, 2.45) is 5.41 Å². The number of phenolic OH excluding ortho intramolecular Hbond substituents is 2. The smallest absolute Gasteiger partial charge is 0.157 e. The van der Waals surface area contributed by atoms with Crippen LogP contribution >= 0.6 is 0 Å². The molecule has 2 aliphatic rings. The maximum Gasteiger partial charge on any atom is 0.157 e. The molecule has 0 aliphatic carbocycles. The van der Waals surface area contributed by atoms with E-state index in [2.05, 4.69) is 65.8 Å². The lowest BCUT2D eigenvalue weighted by Gasteiger charge is -2.43. The van der Waals surface area contributed by atoms with Gasteiger partial charge < -0.3 is 29.2 Å². The van der Waals surface area contributed by atoms with Crippen molar-refractivity contribution in [3.8, 4) is 11.5 Å². The molecule has 0 unspecified atom stereocenters. The lowest BCUT2D eigenvalue weighted by Crippen LogP contribution is -2.52. The predicted octanol–water partition coefficient (Wildman–Crippen LogP) is 6.61. The summed E-state index contributed by atoms with van der Waals surface area (Å²) in [6.45, 7) is 18.8. The molecule has 39 heavy (non-hydrogen) atoms. The van der Waals surface area contributed by atoms with Crippen molar-refractivity contribution in [3.63, 3.8) is 0 Å². The maximum absolute atomic E-state index is 10.5. The second-order valence-corrected chi connectivity index (χ2v) is 13.8. The Bertz CT molecular complexity index is 1050. The molecule has 2 aromatic carbocycles. The highest BCUT2D eigenvalue weighted by molar-refractivity contribution is 5.47. The number of hydrogen-bond acceptors (Lipinski definition) is 6. The fourth-order valence-electron chi connectivity index (χ4n) is 5.47. The summed E-state index contributed by atoms with van der Waals surface area (Å²) in [5.74, 6) is 0.781. The zero-order valence-electron chi connectivity index (χ0n) is 25.1. The van der Waals surface area contributed by atoms with Gasteiger partial charge >= 0.3 is 0 Å². The predicted molar refractivity (Wildman–Crippen MR) is 154 cm³/mol. The van der Waals surface area contributed by atoms with Crippen LogP contribution in [-0.4, -0.2) is 49.2 Å². The molecule has 6 heteroatoms. The van der Waals surface area contributed by atoms with Crippen molar-refractivity contribution < 1.29 is 29.2 Å². The van der Waals surface area contributed by atoms with Gasteiger partial charge in [0.2, 0.25) is 0 Å². The van der Waals surface area contributed by atoms with Crippen molar-refractivity contribution >= 4 is 0 Å². The van der Waals surface area contributed by atoms with Gasteiger partial charge in [-0.2, -0.15) is 0 Å². The van der Waals surface area contributed by atoms with Crippen molar-refractivity contribution in [2.45, 2.75) is 104 Å². The van der Waals surface area contributed by atoms with E-state index in [0.717, 1.165) is 47.9 Å². The van der Waals surface area contributed by atoms with Gasteiger partial charge in [0, 0.05) is 12.8 Å². The summed E-state index contributed by atoms with van der Waals surface area (Å²) in [6, 6.07) is 8.33. The van der Waals surface area contributed by atoms with Crippen LogP contribution in [0, 0.1) is 19.3 Å². The molecule has 1 spiro atoms. The fraction of sp³-hybridized carbons (Fsp3) is 0.636. The molecule has 2 fully saturated rings. The number of benzene rings is 2. The molecule has 0 saturated carbocycles. The Morgan fingerprint density at radius 1 is 0.641 bits per heavy atom. The second kappa shape index (κ2) is 11.4. The Morgan fingerprint density at radius 3 is 1.28 bits per heavy atom. The van der Waals surface area contributed by atoms with Crippen LogP contribution in [0.2, 0.25) is 0 Å². The highest BCUT2D eigenvalue weighted by atomic mass is 16.7. The molecule has 216 valence electrons. The summed E-state index contributed by atoms with van der Waals surface area (Å²) in [5.41, 5.74) is 5.63. The summed E-state index contributed by atoms with van der Waals surface area (Å²) >= 11 is 0. The molecule has 0 radical (unpaired) electrons. The topological polar surface area (TPSA) is 77.4 Å². The van der Waals surface area contributed by atoms with E-state index in [1.165, 1.54) is 11.1 Å². The molecule has 0 aromatic heterocycles.